The molecule has 0 aliphatic carbocycles. The first-order chi connectivity index (χ1) is 15.2. The maximum atomic E-state index is 4.34. The van der Waals surface area contributed by atoms with Crippen LogP contribution in [-0.2, 0) is 0 Å². The summed E-state index contributed by atoms with van der Waals surface area (Å²) in [7, 11) is 0. The van der Waals surface area contributed by atoms with Crippen LogP contribution in [-0.4, -0.2) is 0 Å². The molecule has 0 radical (unpaired) electrons. The van der Waals surface area contributed by atoms with Gasteiger partial charge in [0.05, 0.1) is 0 Å². The highest BCUT2D eigenvalue weighted by molar-refractivity contribution is 9.44. The summed E-state index contributed by atoms with van der Waals surface area (Å²) >= 11 is 8.40. The lowest BCUT2D eigenvalue weighted by Gasteiger charge is -2.24. The van der Waals surface area contributed by atoms with Gasteiger partial charge in [-0.2, -0.15) is 0 Å². The lowest BCUT2D eigenvalue weighted by molar-refractivity contribution is 0.575. The molecule has 0 N–H and O–H groups in total. The molecule has 31 heavy (non-hydrogen) atoms. The smallest absolute Gasteiger partial charge is 0.0837 e. The summed E-state index contributed by atoms with van der Waals surface area (Å²) in [6.07, 6.45) is 10.6. The standard InChI is InChI=1S/C28H34Br2P/c1-2-3-4-5-6-7-14-22-27(29)26-21-15-16-23-28(26)31(30,24-17-10-8-11-18-24)25-19-12-9-13-20-25/h8-13,15-21,23,27H,2-7,14,22H2,1H3/q+1. The number of benzene rings is 3. The minimum atomic E-state index is -1.89. The summed E-state index contributed by atoms with van der Waals surface area (Å²) in [6.45, 7) is 2.28. The van der Waals surface area contributed by atoms with Crippen molar-refractivity contribution in [1.82, 2.24) is 0 Å². The average Bonchev–Trinajstić information content (AvgIpc) is 2.84. The van der Waals surface area contributed by atoms with Crippen LogP contribution in [0.4, 0.5) is 0 Å². The largest absolute Gasteiger partial charge is 0.181 e. The molecule has 0 amide bonds. The minimum absolute atomic E-state index is 0.378. The van der Waals surface area contributed by atoms with E-state index < -0.39 is 5.96 Å². The fourth-order valence-corrected chi connectivity index (χ4v) is 10.3. The van der Waals surface area contributed by atoms with E-state index in [9.17, 15) is 0 Å². The Morgan fingerprint density at radius 1 is 0.645 bits per heavy atom. The molecule has 0 spiro atoms. The van der Waals surface area contributed by atoms with Crippen molar-refractivity contribution in [3.8, 4) is 0 Å². The van der Waals surface area contributed by atoms with Crippen molar-refractivity contribution in [2.24, 2.45) is 0 Å². The lowest BCUT2D eigenvalue weighted by Crippen LogP contribution is -2.29. The van der Waals surface area contributed by atoms with Gasteiger partial charge in [-0.15, -0.1) is 0 Å². The third-order valence-corrected chi connectivity index (χ3v) is 13.5. The highest BCUT2D eigenvalue weighted by Crippen LogP contribution is 2.63. The number of hydrogen-bond acceptors (Lipinski definition) is 0. The Morgan fingerprint density at radius 2 is 1.13 bits per heavy atom. The predicted molar refractivity (Wildman–Crippen MR) is 148 cm³/mol. The average molecular weight is 561 g/mol. The van der Waals surface area contributed by atoms with Gasteiger partial charge >= 0.3 is 0 Å². The molecule has 0 bridgehead atoms. The molecule has 0 fully saturated rings. The van der Waals surface area contributed by atoms with Crippen LogP contribution < -0.4 is 15.9 Å². The Bertz CT molecular complexity index is 856. The van der Waals surface area contributed by atoms with E-state index in [0.29, 0.717) is 4.83 Å². The molecule has 0 saturated heterocycles. The minimum Gasteiger partial charge on any atom is -0.0837 e. The normalized spacial score (nSPS) is 12.6. The molecule has 3 heteroatoms. The van der Waals surface area contributed by atoms with Gasteiger partial charge in [-0.3, -0.25) is 0 Å². The molecular formula is C28H34Br2P+. The van der Waals surface area contributed by atoms with Crippen molar-refractivity contribution < 1.29 is 0 Å². The molecular weight excluding hydrogens is 527 g/mol. The van der Waals surface area contributed by atoms with Crippen LogP contribution in [0.25, 0.3) is 0 Å². The number of unbranched alkanes of at least 4 members (excludes halogenated alkanes) is 6. The van der Waals surface area contributed by atoms with E-state index >= 15 is 0 Å². The molecule has 0 heterocycles. The van der Waals surface area contributed by atoms with Crippen LogP contribution >= 0.6 is 37.4 Å². The highest BCUT2D eigenvalue weighted by atomic mass is 79.9. The fourth-order valence-electron chi connectivity index (χ4n) is 4.16. The number of hydrogen-bond donors (Lipinski definition) is 0. The van der Waals surface area contributed by atoms with E-state index in [1.54, 1.807) is 0 Å². The molecule has 0 aliphatic rings. The van der Waals surface area contributed by atoms with Crippen molar-refractivity contribution in [3.05, 3.63) is 90.5 Å². The van der Waals surface area contributed by atoms with Crippen molar-refractivity contribution in [2.75, 3.05) is 0 Å². The molecule has 164 valence electrons. The van der Waals surface area contributed by atoms with E-state index in [1.165, 1.54) is 72.8 Å². The van der Waals surface area contributed by atoms with E-state index in [4.69, 9.17) is 0 Å². The monoisotopic (exact) mass is 559 g/mol. The molecule has 0 nitrogen and oxygen atoms in total. The molecule has 1 unspecified atom stereocenters. The van der Waals surface area contributed by atoms with Crippen molar-refractivity contribution in [1.29, 1.82) is 0 Å². The zero-order valence-corrected chi connectivity index (χ0v) is 22.6. The van der Waals surface area contributed by atoms with Crippen LogP contribution in [0.3, 0.4) is 0 Å². The van der Waals surface area contributed by atoms with E-state index in [-0.39, 0.29) is 0 Å². The Hall–Kier alpha value is -0.950. The second-order valence-electron chi connectivity index (χ2n) is 8.20. The molecule has 3 rings (SSSR count). The molecule has 1 atom stereocenters. The van der Waals surface area contributed by atoms with Gasteiger partial charge in [0.15, 0.2) is 21.5 Å². The SMILES string of the molecule is CCCCCCCCCC(Br)c1ccccc1[P+](Br)(c1ccccc1)c1ccccc1. The summed E-state index contributed by atoms with van der Waals surface area (Å²) in [4.78, 5) is 0.378. The van der Waals surface area contributed by atoms with Gasteiger partial charge in [0.1, 0.15) is 15.9 Å². The molecule has 0 aromatic heterocycles. The van der Waals surface area contributed by atoms with Crippen LogP contribution in [0, 0.1) is 0 Å². The van der Waals surface area contributed by atoms with Gasteiger partial charge in [-0.1, -0.05) is 122 Å². The van der Waals surface area contributed by atoms with Gasteiger partial charge in [-0.25, -0.2) is 0 Å². The van der Waals surface area contributed by atoms with Gasteiger partial charge in [0.2, 0.25) is 0 Å². The van der Waals surface area contributed by atoms with Crippen LogP contribution in [0.1, 0.15) is 68.7 Å². The van der Waals surface area contributed by atoms with Gasteiger partial charge in [-0.05, 0) is 36.8 Å². The predicted octanol–water partition coefficient (Wildman–Crippen LogP) is 8.87. The zero-order chi connectivity index (χ0) is 21.9. The quantitative estimate of drug-likeness (QED) is 0.118. The van der Waals surface area contributed by atoms with Crippen LogP contribution in [0.15, 0.2) is 84.9 Å². The first-order valence-corrected chi connectivity index (χ1v) is 16.3. The second-order valence-corrected chi connectivity index (χ2v) is 15.2. The first-order valence-electron chi connectivity index (χ1n) is 11.6. The fraction of sp³-hybridized carbons (Fsp3) is 0.357. The van der Waals surface area contributed by atoms with Crippen molar-refractivity contribution >= 4 is 53.3 Å². The maximum absolute atomic E-state index is 4.34. The lowest BCUT2D eigenvalue weighted by atomic mass is 10.0. The number of alkyl halides is 1. The topological polar surface area (TPSA) is 0 Å². The third-order valence-electron chi connectivity index (χ3n) is 5.89. The molecule has 3 aromatic carbocycles. The zero-order valence-electron chi connectivity index (χ0n) is 18.5. The molecule has 3 aromatic rings. The number of rotatable bonds is 12. The van der Waals surface area contributed by atoms with E-state index in [2.05, 4.69) is 123 Å². The number of halogens is 2. The summed E-state index contributed by atoms with van der Waals surface area (Å²) in [5.74, 6) is -1.89. The van der Waals surface area contributed by atoms with E-state index in [0.717, 1.165) is 0 Å². The van der Waals surface area contributed by atoms with Crippen molar-refractivity contribution in [2.45, 2.75) is 63.1 Å². The molecule has 0 saturated carbocycles. The van der Waals surface area contributed by atoms with Gasteiger partial charge in [0.25, 0.3) is 0 Å². The first kappa shape index (κ1) is 24.7. The van der Waals surface area contributed by atoms with Crippen molar-refractivity contribution in [3.63, 3.8) is 0 Å². The van der Waals surface area contributed by atoms with E-state index in [1.807, 2.05) is 0 Å². The van der Waals surface area contributed by atoms with Crippen LogP contribution in [0.5, 0.6) is 0 Å². The summed E-state index contributed by atoms with van der Waals surface area (Å²) in [5, 5.41) is 4.16. The maximum Gasteiger partial charge on any atom is 0.181 e. The Morgan fingerprint density at radius 3 is 1.71 bits per heavy atom. The summed E-state index contributed by atoms with van der Waals surface area (Å²) < 4.78 is 0. The molecule has 0 aliphatic heterocycles. The second kappa shape index (κ2) is 12.9. The Labute approximate surface area is 206 Å². The third kappa shape index (κ3) is 6.53. The Kier molecular flexibility index (Phi) is 10.3. The summed E-state index contributed by atoms with van der Waals surface area (Å²) in [5.41, 5.74) is 1.42. The Balaban J connectivity index is 1.84. The van der Waals surface area contributed by atoms with Gasteiger partial charge < -0.3 is 0 Å². The van der Waals surface area contributed by atoms with Gasteiger partial charge in [0, 0.05) is 10.4 Å². The summed E-state index contributed by atoms with van der Waals surface area (Å²) in [6, 6.07) is 30.9. The van der Waals surface area contributed by atoms with Crippen LogP contribution in [0.2, 0.25) is 0 Å². The highest BCUT2D eigenvalue weighted by Gasteiger charge is 2.45.